The van der Waals surface area contributed by atoms with Gasteiger partial charge in [0, 0.05) is 24.3 Å². The van der Waals surface area contributed by atoms with E-state index in [2.05, 4.69) is 5.32 Å². The van der Waals surface area contributed by atoms with Gasteiger partial charge in [0.15, 0.2) is 0 Å². The molecule has 1 N–H and O–H groups in total. The molecule has 124 valence electrons. The monoisotopic (exact) mass is 362 g/mol. The van der Waals surface area contributed by atoms with Crippen molar-refractivity contribution in [2.75, 3.05) is 16.8 Å². The maximum Gasteiger partial charge on any atom is 0.229 e. The minimum atomic E-state index is -0.397. The van der Waals surface area contributed by atoms with Crippen molar-refractivity contribution >= 4 is 46.4 Å². The van der Waals surface area contributed by atoms with E-state index in [-0.39, 0.29) is 18.2 Å². The Morgan fingerprint density at radius 2 is 1.92 bits per heavy atom. The Kier molecular flexibility index (Phi) is 4.78. The molecular formula is C18H16Cl2N2O2. The van der Waals surface area contributed by atoms with Crippen LogP contribution in [0.4, 0.5) is 11.4 Å². The summed E-state index contributed by atoms with van der Waals surface area (Å²) in [7, 11) is 0. The maximum absolute atomic E-state index is 12.5. The number of nitrogens with zero attached hydrogens (tertiary/aromatic N) is 1. The SMILES string of the molecule is Cc1ccccc1N1CC(C(=O)Nc2ccc(Cl)c(Cl)c2)CC1=O. The van der Waals surface area contributed by atoms with Crippen molar-refractivity contribution in [3.05, 3.63) is 58.1 Å². The molecule has 1 aliphatic heterocycles. The summed E-state index contributed by atoms with van der Waals surface area (Å²) in [6.07, 6.45) is 0.196. The minimum Gasteiger partial charge on any atom is -0.326 e. The lowest BCUT2D eigenvalue weighted by Gasteiger charge is -2.19. The van der Waals surface area contributed by atoms with E-state index < -0.39 is 5.92 Å². The van der Waals surface area contributed by atoms with Gasteiger partial charge in [-0.25, -0.2) is 0 Å². The first-order chi connectivity index (χ1) is 11.5. The van der Waals surface area contributed by atoms with Crippen molar-refractivity contribution in [2.45, 2.75) is 13.3 Å². The predicted molar refractivity (Wildman–Crippen MR) is 96.7 cm³/mol. The molecule has 0 bridgehead atoms. The number of hydrogen-bond donors (Lipinski definition) is 1. The zero-order chi connectivity index (χ0) is 17.3. The van der Waals surface area contributed by atoms with Crippen LogP contribution in [0.3, 0.4) is 0 Å². The van der Waals surface area contributed by atoms with Crippen LogP contribution >= 0.6 is 23.2 Å². The third-order valence-electron chi connectivity index (χ3n) is 4.09. The number of halogens is 2. The Hall–Kier alpha value is -2.04. The topological polar surface area (TPSA) is 49.4 Å². The van der Waals surface area contributed by atoms with E-state index in [9.17, 15) is 9.59 Å². The van der Waals surface area contributed by atoms with Crippen LogP contribution in [0.1, 0.15) is 12.0 Å². The third kappa shape index (κ3) is 3.40. The van der Waals surface area contributed by atoms with Crippen molar-refractivity contribution in [3.63, 3.8) is 0 Å². The summed E-state index contributed by atoms with van der Waals surface area (Å²) in [4.78, 5) is 26.4. The number of nitrogens with one attached hydrogen (secondary N) is 1. The first-order valence-corrected chi connectivity index (χ1v) is 8.33. The molecule has 1 fully saturated rings. The van der Waals surface area contributed by atoms with Crippen molar-refractivity contribution in [1.82, 2.24) is 0 Å². The lowest BCUT2D eigenvalue weighted by Crippen LogP contribution is -2.28. The van der Waals surface area contributed by atoms with Crippen LogP contribution in [-0.2, 0) is 9.59 Å². The van der Waals surface area contributed by atoms with Crippen molar-refractivity contribution < 1.29 is 9.59 Å². The Morgan fingerprint density at radius 1 is 1.17 bits per heavy atom. The van der Waals surface area contributed by atoms with Gasteiger partial charge in [-0.2, -0.15) is 0 Å². The zero-order valence-corrected chi connectivity index (χ0v) is 14.6. The molecule has 0 aliphatic carbocycles. The van der Waals surface area contributed by atoms with Crippen LogP contribution in [-0.4, -0.2) is 18.4 Å². The molecule has 2 aromatic carbocycles. The number of benzene rings is 2. The molecule has 1 aliphatic rings. The highest BCUT2D eigenvalue weighted by Gasteiger charge is 2.35. The molecule has 2 aromatic rings. The summed E-state index contributed by atoms with van der Waals surface area (Å²) in [6.45, 7) is 2.32. The zero-order valence-electron chi connectivity index (χ0n) is 13.1. The molecule has 2 amide bonds. The fraction of sp³-hybridized carbons (Fsp3) is 0.222. The first-order valence-electron chi connectivity index (χ1n) is 7.57. The molecule has 3 rings (SSSR count). The fourth-order valence-electron chi connectivity index (χ4n) is 2.80. The predicted octanol–water partition coefficient (Wildman–Crippen LogP) is 4.29. The molecule has 0 radical (unpaired) electrons. The number of aryl methyl sites for hydroxylation is 1. The molecule has 0 aromatic heterocycles. The Bertz CT molecular complexity index is 807. The normalized spacial score (nSPS) is 17.2. The molecule has 0 saturated carbocycles. The van der Waals surface area contributed by atoms with Gasteiger partial charge in [-0.1, -0.05) is 41.4 Å². The third-order valence-corrected chi connectivity index (χ3v) is 4.83. The van der Waals surface area contributed by atoms with Crippen LogP contribution < -0.4 is 10.2 Å². The number of anilines is 2. The van der Waals surface area contributed by atoms with Gasteiger partial charge in [-0.15, -0.1) is 0 Å². The number of rotatable bonds is 3. The quantitative estimate of drug-likeness (QED) is 0.884. The number of hydrogen-bond acceptors (Lipinski definition) is 2. The maximum atomic E-state index is 12.5. The minimum absolute atomic E-state index is 0.0430. The van der Waals surface area contributed by atoms with Gasteiger partial charge in [-0.05, 0) is 36.8 Å². The van der Waals surface area contributed by atoms with Gasteiger partial charge < -0.3 is 10.2 Å². The van der Waals surface area contributed by atoms with Crippen molar-refractivity contribution in [3.8, 4) is 0 Å². The Labute approximate surface area is 150 Å². The van der Waals surface area contributed by atoms with E-state index >= 15 is 0 Å². The van der Waals surface area contributed by atoms with Crippen molar-refractivity contribution in [2.24, 2.45) is 5.92 Å². The highest BCUT2D eigenvalue weighted by Crippen LogP contribution is 2.29. The van der Waals surface area contributed by atoms with Gasteiger partial charge >= 0.3 is 0 Å². The van der Waals surface area contributed by atoms with Gasteiger partial charge in [0.05, 0.1) is 16.0 Å². The number of amides is 2. The smallest absolute Gasteiger partial charge is 0.229 e. The van der Waals surface area contributed by atoms with Gasteiger partial charge in [0.1, 0.15) is 0 Å². The summed E-state index contributed by atoms with van der Waals surface area (Å²) in [5, 5.41) is 3.60. The highest BCUT2D eigenvalue weighted by molar-refractivity contribution is 6.42. The number of carbonyl (C=O) groups is 2. The second kappa shape index (κ2) is 6.83. The summed E-state index contributed by atoms with van der Waals surface area (Å²) in [5.41, 5.74) is 2.43. The standard InChI is InChI=1S/C18H16Cl2N2O2/c1-11-4-2-3-5-16(11)22-10-12(8-17(22)23)18(24)21-13-6-7-14(19)15(20)9-13/h2-7,9,12H,8,10H2,1H3,(H,21,24). The first kappa shape index (κ1) is 16.8. The molecule has 1 saturated heterocycles. The van der Waals surface area contributed by atoms with E-state index in [0.29, 0.717) is 22.3 Å². The van der Waals surface area contributed by atoms with E-state index in [1.54, 1.807) is 23.1 Å². The van der Waals surface area contributed by atoms with Crippen LogP contribution in [0.15, 0.2) is 42.5 Å². The summed E-state index contributed by atoms with van der Waals surface area (Å²) in [5.74, 6) is -0.636. The van der Waals surface area contributed by atoms with E-state index in [1.807, 2.05) is 31.2 Å². The van der Waals surface area contributed by atoms with Crippen molar-refractivity contribution in [1.29, 1.82) is 0 Å². The molecule has 1 unspecified atom stereocenters. The molecule has 24 heavy (non-hydrogen) atoms. The largest absolute Gasteiger partial charge is 0.326 e. The Balaban J connectivity index is 1.72. The molecular weight excluding hydrogens is 347 g/mol. The second-order valence-electron chi connectivity index (χ2n) is 5.81. The van der Waals surface area contributed by atoms with Crippen LogP contribution in [0, 0.1) is 12.8 Å². The second-order valence-corrected chi connectivity index (χ2v) is 6.62. The van der Waals surface area contributed by atoms with Crippen LogP contribution in [0.5, 0.6) is 0 Å². The number of carbonyl (C=O) groups excluding carboxylic acids is 2. The fourth-order valence-corrected chi connectivity index (χ4v) is 3.10. The summed E-state index contributed by atoms with van der Waals surface area (Å²) in [6, 6.07) is 12.6. The molecule has 1 atom stereocenters. The van der Waals surface area contributed by atoms with Crippen LogP contribution in [0.25, 0.3) is 0 Å². The molecule has 4 nitrogen and oxygen atoms in total. The molecule has 0 spiro atoms. The van der Waals surface area contributed by atoms with E-state index in [4.69, 9.17) is 23.2 Å². The number of para-hydroxylation sites is 1. The van der Waals surface area contributed by atoms with Gasteiger partial charge in [0.25, 0.3) is 0 Å². The van der Waals surface area contributed by atoms with Crippen LogP contribution in [0.2, 0.25) is 10.0 Å². The lowest BCUT2D eigenvalue weighted by molar-refractivity contribution is -0.122. The lowest BCUT2D eigenvalue weighted by atomic mass is 10.1. The summed E-state index contributed by atoms with van der Waals surface area (Å²) >= 11 is 11.8. The summed E-state index contributed by atoms with van der Waals surface area (Å²) < 4.78 is 0. The van der Waals surface area contributed by atoms with E-state index in [0.717, 1.165) is 11.3 Å². The van der Waals surface area contributed by atoms with Gasteiger partial charge in [0.2, 0.25) is 11.8 Å². The van der Waals surface area contributed by atoms with E-state index in [1.165, 1.54) is 0 Å². The highest BCUT2D eigenvalue weighted by atomic mass is 35.5. The Morgan fingerprint density at radius 3 is 2.62 bits per heavy atom. The molecule has 1 heterocycles. The van der Waals surface area contributed by atoms with Gasteiger partial charge in [-0.3, -0.25) is 9.59 Å². The average Bonchev–Trinajstić information content (AvgIpc) is 2.93. The molecule has 6 heteroatoms. The average molecular weight is 363 g/mol.